The van der Waals surface area contributed by atoms with Gasteiger partial charge in [-0.25, -0.2) is 0 Å². The van der Waals surface area contributed by atoms with E-state index in [2.05, 4.69) is 5.32 Å². The Morgan fingerprint density at radius 2 is 2.05 bits per heavy atom. The monoisotopic (exact) mass is 283 g/mol. The summed E-state index contributed by atoms with van der Waals surface area (Å²) in [6.45, 7) is 1.82. The van der Waals surface area contributed by atoms with Gasteiger partial charge in [0.25, 0.3) is 0 Å². The zero-order valence-corrected chi connectivity index (χ0v) is 11.7. The number of fused-ring (bicyclic) bond motifs is 1. The van der Waals surface area contributed by atoms with E-state index in [-0.39, 0.29) is 23.8 Å². The number of carbonyl (C=O) groups excluding carboxylic acids is 1. The van der Waals surface area contributed by atoms with Crippen LogP contribution in [-0.2, 0) is 0 Å². The minimum absolute atomic E-state index is 0. The molecule has 1 spiro atoms. The van der Waals surface area contributed by atoms with E-state index >= 15 is 0 Å². The number of piperidine rings is 1. The lowest BCUT2D eigenvalue weighted by atomic mass is 9.83. The lowest BCUT2D eigenvalue weighted by Gasteiger charge is -2.41. The average Bonchev–Trinajstić information content (AvgIpc) is 2.38. The molecule has 104 valence electrons. The van der Waals surface area contributed by atoms with E-state index < -0.39 is 0 Å². The summed E-state index contributed by atoms with van der Waals surface area (Å²) in [5.41, 5.74) is 0.297. The van der Waals surface area contributed by atoms with Gasteiger partial charge in [0.1, 0.15) is 22.7 Å². The Labute approximate surface area is 118 Å². The predicted molar refractivity (Wildman–Crippen MR) is 74.7 cm³/mol. The SMILES string of the molecule is COc1cccc2c1C(=O)CC1(CCNCC1)O2.Cl. The molecule has 5 heteroatoms. The first-order valence-electron chi connectivity index (χ1n) is 6.34. The number of hydrogen-bond acceptors (Lipinski definition) is 4. The number of rotatable bonds is 1. The van der Waals surface area contributed by atoms with Gasteiger partial charge in [0.2, 0.25) is 0 Å². The fourth-order valence-corrected chi connectivity index (χ4v) is 2.85. The summed E-state index contributed by atoms with van der Waals surface area (Å²) in [6.07, 6.45) is 2.23. The predicted octanol–water partition coefficient (Wildman–Crippen LogP) is 2.20. The van der Waals surface area contributed by atoms with Crippen molar-refractivity contribution in [1.82, 2.24) is 5.32 Å². The normalized spacial score (nSPS) is 20.2. The molecular formula is C14H18ClNO3. The third kappa shape index (κ3) is 2.42. The van der Waals surface area contributed by atoms with E-state index in [1.54, 1.807) is 13.2 Å². The molecule has 0 amide bonds. The third-order valence-corrected chi connectivity index (χ3v) is 3.81. The molecule has 2 aliphatic heterocycles. The molecule has 0 saturated carbocycles. The summed E-state index contributed by atoms with van der Waals surface area (Å²) in [4.78, 5) is 12.4. The van der Waals surface area contributed by atoms with Crippen LogP contribution >= 0.6 is 12.4 Å². The fraction of sp³-hybridized carbons (Fsp3) is 0.500. The second-order valence-corrected chi connectivity index (χ2v) is 4.97. The van der Waals surface area contributed by atoms with Gasteiger partial charge in [-0.1, -0.05) is 6.07 Å². The van der Waals surface area contributed by atoms with Gasteiger partial charge >= 0.3 is 0 Å². The number of benzene rings is 1. The minimum atomic E-state index is -0.304. The second-order valence-electron chi connectivity index (χ2n) is 4.97. The molecule has 0 atom stereocenters. The highest BCUT2D eigenvalue weighted by Crippen LogP contribution is 2.41. The van der Waals surface area contributed by atoms with Crippen LogP contribution in [0, 0.1) is 0 Å². The van der Waals surface area contributed by atoms with E-state index in [0.717, 1.165) is 25.9 Å². The van der Waals surface area contributed by atoms with Crippen LogP contribution in [0.4, 0.5) is 0 Å². The van der Waals surface area contributed by atoms with E-state index in [1.165, 1.54) is 0 Å². The van der Waals surface area contributed by atoms with Crippen LogP contribution in [-0.4, -0.2) is 31.6 Å². The van der Waals surface area contributed by atoms with E-state index in [9.17, 15) is 4.79 Å². The van der Waals surface area contributed by atoms with Gasteiger partial charge in [0.15, 0.2) is 5.78 Å². The third-order valence-electron chi connectivity index (χ3n) is 3.81. The first-order valence-corrected chi connectivity index (χ1v) is 6.34. The second kappa shape index (κ2) is 5.39. The van der Waals surface area contributed by atoms with Crippen molar-refractivity contribution in [1.29, 1.82) is 0 Å². The number of halogens is 1. The molecule has 4 nitrogen and oxygen atoms in total. The van der Waals surface area contributed by atoms with Crippen molar-refractivity contribution in [3.63, 3.8) is 0 Å². The zero-order valence-electron chi connectivity index (χ0n) is 10.9. The maximum atomic E-state index is 12.4. The topological polar surface area (TPSA) is 47.6 Å². The van der Waals surface area contributed by atoms with E-state index in [1.807, 2.05) is 12.1 Å². The first kappa shape index (κ1) is 14.2. The minimum Gasteiger partial charge on any atom is -0.496 e. The summed E-state index contributed by atoms with van der Waals surface area (Å²) in [6, 6.07) is 5.53. The Morgan fingerprint density at radius 1 is 1.32 bits per heavy atom. The molecular weight excluding hydrogens is 266 g/mol. The Morgan fingerprint density at radius 3 is 2.74 bits per heavy atom. The molecule has 0 unspecified atom stereocenters. The van der Waals surface area contributed by atoms with Crippen LogP contribution in [0.25, 0.3) is 0 Å². The number of carbonyl (C=O) groups is 1. The lowest BCUT2D eigenvalue weighted by molar-refractivity contribution is 0.0183. The van der Waals surface area contributed by atoms with Crippen LogP contribution < -0.4 is 14.8 Å². The number of ketones is 1. The summed E-state index contributed by atoms with van der Waals surface area (Å²) < 4.78 is 11.4. The highest BCUT2D eigenvalue weighted by molar-refractivity contribution is 6.02. The first-order chi connectivity index (χ1) is 8.74. The highest BCUT2D eigenvalue weighted by atomic mass is 35.5. The maximum Gasteiger partial charge on any atom is 0.174 e. The van der Waals surface area contributed by atoms with Gasteiger partial charge in [-0.2, -0.15) is 0 Å². The molecule has 0 radical (unpaired) electrons. The molecule has 0 aromatic heterocycles. The quantitative estimate of drug-likeness (QED) is 0.858. The van der Waals surface area contributed by atoms with Crippen molar-refractivity contribution in [2.24, 2.45) is 0 Å². The fourth-order valence-electron chi connectivity index (χ4n) is 2.85. The Balaban J connectivity index is 0.00000133. The zero-order chi connectivity index (χ0) is 12.6. The van der Waals surface area contributed by atoms with Gasteiger partial charge < -0.3 is 14.8 Å². The average molecular weight is 284 g/mol. The number of hydrogen-bond donors (Lipinski definition) is 1. The van der Waals surface area contributed by atoms with Gasteiger partial charge in [0.05, 0.1) is 13.5 Å². The van der Waals surface area contributed by atoms with Crippen molar-refractivity contribution in [3.8, 4) is 11.5 Å². The lowest BCUT2D eigenvalue weighted by Crippen LogP contribution is -2.49. The summed E-state index contributed by atoms with van der Waals surface area (Å²) in [5, 5.41) is 3.30. The molecule has 3 rings (SSSR count). The molecule has 1 fully saturated rings. The molecule has 0 bridgehead atoms. The number of Topliss-reactive ketones (excluding diaryl/α,β-unsaturated/α-hetero) is 1. The van der Waals surface area contributed by atoms with Crippen LogP contribution in [0.1, 0.15) is 29.6 Å². The van der Waals surface area contributed by atoms with Crippen LogP contribution in [0.5, 0.6) is 11.5 Å². The molecule has 1 N–H and O–H groups in total. The molecule has 2 aliphatic rings. The molecule has 2 heterocycles. The maximum absolute atomic E-state index is 12.4. The van der Waals surface area contributed by atoms with Crippen LogP contribution in [0.2, 0.25) is 0 Å². The standard InChI is InChI=1S/C14H17NO3.ClH/c1-17-11-3-2-4-12-13(11)10(16)9-14(18-12)5-7-15-8-6-14;/h2-4,15H,5-9H2,1H3;1H. The highest BCUT2D eigenvalue weighted by Gasteiger charge is 2.42. The van der Waals surface area contributed by atoms with Crippen molar-refractivity contribution in [2.75, 3.05) is 20.2 Å². The van der Waals surface area contributed by atoms with Crippen LogP contribution in [0.15, 0.2) is 18.2 Å². The summed E-state index contributed by atoms with van der Waals surface area (Å²) in [5.74, 6) is 1.42. The van der Waals surface area contributed by atoms with Gasteiger partial charge in [-0.3, -0.25) is 4.79 Å². The van der Waals surface area contributed by atoms with E-state index in [0.29, 0.717) is 23.5 Å². The van der Waals surface area contributed by atoms with Crippen molar-refractivity contribution in [3.05, 3.63) is 23.8 Å². The Kier molecular flexibility index (Phi) is 4.02. The molecule has 1 saturated heterocycles. The number of ether oxygens (including phenoxy) is 2. The van der Waals surface area contributed by atoms with Crippen molar-refractivity contribution >= 4 is 18.2 Å². The molecule has 19 heavy (non-hydrogen) atoms. The summed E-state index contributed by atoms with van der Waals surface area (Å²) in [7, 11) is 1.58. The van der Waals surface area contributed by atoms with E-state index in [4.69, 9.17) is 9.47 Å². The smallest absolute Gasteiger partial charge is 0.174 e. The molecule has 0 aliphatic carbocycles. The van der Waals surface area contributed by atoms with Crippen molar-refractivity contribution < 1.29 is 14.3 Å². The summed E-state index contributed by atoms with van der Waals surface area (Å²) >= 11 is 0. The number of nitrogens with one attached hydrogen (secondary N) is 1. The molecule has 1 aromatic carbocycles. The largest absolute Gasteiger partial charge is 0.496 e. The number of methoxy groups -OCH3 is 1. The van der Waals surface area contributed by atoms with Crippen molar-refractivity contribution in [2.45, 2.75) is 24.9 Å². The Bertz CT molecular complexity index is 484. The Hall–Kier alpha value is -1.26. The van der Waals surface area contributed by atoms with Crippen LogP contribution in [0.3, 0.4) is 0 Å². The van der Waals surface area contributed by atoms with Gasteiger partial charge in [0, 0.05) is 12.8 Å². The van der Waals surface area contributed by atoms with Gasteiger partial charge in [-0.15, -0.1) is 12.4 Å². The van der Waals surface area contributed by atoms with Gasteiger partial charge in [-0.05, 0) is 25.2 Å². The molecule has 1 aromatic rings.